The maximum absolute atomic E-state index is 13.1. The smallest absolute Gasteiger partial charge is 0.228 e. The van der Waals surface area contributed by atoms with Crippen LogP contribution in [0.3, 0.4) is 0 Å². The van der Waals surface area contributed by atoms with Gasteiger partial charge in [0.05, 0.1) is 37.2 Å². The molecule has 0 atom stereocenters. The SMILES string of the molecule is CCN(C)C=Nc1cc(Br)c(OCc2snc(-c3ccc(F)cc3)c2Br)nc1C. The number of aliphatic imine (C=N–C) groups is 1. The van der Waals surface area contributed by atoms with Crippen molar-refractivity contribution in [3.63, 3.8) is 0 Å². The summed E-state index contributed by atoms with van der Waals surface area (Å²) in [5.41, 5.74) is 3.16. The van der Waals surface area contributed by atoms with Crippen molar-refractivity contribution in [2.75, 3.05) is 13.6 Å². The van der Waals surface area contributed by atoms with Crippen LogP contribution in [0, 0.1) is 12.7 Å². The average molecular weight is 542 g/mol. The van der Waals surface area contributed by atoms with Crippen molar-refractivity contribution in [1.82, 2.24) is 14.3 Å². The maximum Gasteiger partial charge on any atom is 0.228 e. The van der Waals surface area contributed by atoms with E-state index in [1.54, 1.807) is 18.5 Å². The summed E-state index contributed by atoms with van der Waals surface area (Å²) in [6.45, 7) is 5.14. The van der Waals surface area contributed by atoms with Gasteiger partial charge in [-0.15, -0.1) is 0 Å². The molecule has 0 aliphatic carbocycles. The van der Waals surface area contributed by atoms with Gasteiger partial charge in [-0.1, -0.05) is 0 Å². The number of hydrogen-bond donors (Lipinski definition) is 0. The monoisotopic (exact) mass is 540 g/mol. The zero-order valence-electron chi connectivity index (χ0n) is 16.1. The number of aryl methyl sites for hydroxylation is 1. The molecule has 3 aromatic rings. The predicted molar refractivity (Wildman–Crippen MR) is 123 cm³/mol. The Kier molecular flexibility index (Phi) is 7.37. The lowest BCUT2D eigenvalue weighted by atomic mass is 10.1. The molecule has 0 amide bonds. The molecule has 152 valence electrons. The fourth-order valence-corrected chi connectivity index (χ4v) is 4.22. The minimum atomic E-state index is -0.274. The molecule has 5 nitrogen and oxygen atoms in total. The first kappa shape index (κ1) is 21.9. The molecular weight excluding hydrogens is 523 g/mol. The molecule has 2 heterocycles. The zero-order valence-corrected chi connectivity index (χ0v) is 20.1. The number of nitrogens with zero attached hydrogens (tertiary/aromatic N) is 4. The number of rotatable bonds is 7. The van der Waals surface area contributed by atoms with Crippen LogP contribution in [0.2, 0.25) is 0 Å². The molecule has 1 aromatic carbocycles. The topological polar surface area (TPSA) is 50.6 Å². The van der Waals surface area contributed by atoms with E-state index in [1.165, 1.54) is 23.7 Å². The van der Waals surface area contributed by atoms with Gasteiger partial charge in [-0.05, 0) is 87.6 Å². The summed E-state index contributed by atoms with van der Waals surface area (Å²) in [5, 5.41) is 0. The number of aromatic nitrogens is 2. The van der Waals surface area contributed by atoms with E-state index in [9.17, 15) is 4.39 Å². The summed E-state index contributed by atoms with van der Waals surface area (Å²) in [6, 6.07) is 8.14. The van der Waals surface area contributed by atoms with Gasteiger partial charge in [-0.3, -0.25) is 0 Å². The van der Waals surface area contributed by atoms with Crippen LogP contribution >= 0.6 is 43.4 Å². The largest absolute Gasteiger partial charge is 0.471 e. The highest BCUT2D eigenvalue weighted by Gasteiger charge is 2.15. The standard InChI is InChI=1S/C20H19Br2FN4OS/c1-4-27(3)11-24-16-9-15(21)20(25-12(16)2)28-10-17-18(22)19(26-29-17)13-5-7-14(23)8-6-13/h5-9,11H,4,10H2,1-3H3. The Hall–Kier alpha value is -1.84. The minimum absolute atomic E-state index is 0.274. The van der Waals surface area contributed by atoms with E-state index in [0.29, 0.717) is 12.5 Å². The van der Waals surface area contributed by atoms with Gasteiger partial charge in [0.25, 0.3) is 0 Å². The zero-order chi connectivity index (χ0) is 21.0. The Balaban J connectivity index is 1.74. The van der Waals surface area contributed by atoms with Crippen LogP contribution in [0.5, 0.6) is 5.88 Å². The number of halogens is 3. The summed E-state index contributed by atoms with van der Waals surface area (Å²) >= 11 is 8.43. The van der Waals surface area contributed by atoms with Crippen LogP contribution in [0.25, 0.3) is 11.3 Å². The van der Waals surface area contributed by atoms with E-state index in [0.717, 1.165) is 43.0 Å². The van der Waals surface area contributed by atoms with Crippen molar-refractivity contribution < 1.29 is 9.13 Å². The van der Waals surface area contributed by atoms with Crippen molar-refractivity contribution in [1.29, 1.82) is 0 Å². The average Bonchev–Trinajstić information content (AvgIpc) is 3.08. The fraction of sp³-hybridized carbons (Fsp3) is 0.250. The van der Waals surface area contributed by atoms with Crippen LogP contribution < -0.4 is 4.74 Å². The molecule has 9 heteroatoms. The first-order chi connectivity index (χ1) is 13.9. The molecule has 2 aromatic heterocycles. The predicted octanol–water partition coefficient (Wildman–Crippen LogP) is 6.37. The van der Waals surface area contributed by atoms with E-state index in [1.807, 2.05) is 24.9 Å². The van der Waals surface area contributed by atoms with Crippen LogP contribution in [0.4, 0.5) is 10.1 Å². The lowest BCUT2D eigenvalue weighted by Crippen LogP contribution is -2.14. The normalized spacial score (nSPS) is 11.2. The van der Waals surface area contributed by atoms with E-state index in [4.69, 9.17) is 4.74 Å². The number of ether oxygens (including phenoxy) is 1. The van der Waals surface area contributed by atoms with Crippen LogP contribution in [-0.4, -0.2) is 34.2 Å². The van der Waals surface area contributed by atoms with E-state index < -0.39 is 0 Å². The highest BCUT2D eigenvalue weighted by atomic mass is 79.9. The Morgan fingerprint density at radius 2 is 2.00 bits per heavy atom. The Bertz CT molecular complexity index is 1020. The van der Waals surface area contributed by atoms with Gasteiger partial charge < -0.3 is 9.64 Å². The Labute approximate surface area is 190 Å². The van der Waals surface area contributed by atoms with Gasteiger partial charge in [0.15, 0.2) is 0 Å². The molecule has 0 saturated heterocycles. The van der Waals surface area contributed by atoms with Crippen molar-refractivity contribution in [3.8, 4) is 17.1 Å². The van der Waals surface area contributed by atoms with Crippen LogP contribution in [-0.2, 0) is 6.61 Å². The molecule has 3 rings (SSSR count). The van der Waals surface area contributed by atoms with Crippen LogP contribution in [0.15, 0.2) is 44.3 Å². The highest BCUT2D eigenvalue weighted by molar-refractivity contribution is 9.11. The summed E-state index contributed by atoms with van der Waals surface area (Å²) in [4.78, 5) is 11.9. The minimum Gasteiger partial charge on any atom is -0.471 e. The summed E-state index contributed by atoms with van der Waals surface area (Å²) in [5.74, 6) is 0.220. The number of benzene rings is 1. The summed E-state index contributed by atoms with van der Waals surface area (Å²) in [6.07, 6.45) is 1.78. The van der Waals surface area contributed by atoms with Crippen molar-refractivity contribution in [2.45, 2.75) is 20.5 Å². The van der Waals surface area contributed by atoms with Gasteiger partial charge >= 0.3 is 0 Å². The molecule has 0 aliphatic heterocycles. The molecular formula is C20H19Br2FN4OS. The van der Waals surface area contributed by atoms with Gasteiger partial charge in [0.2, 0.25) is 5.88 Å². The quantitative estimate of drug-likeness (QED) is 0.257. The number of pyridine rings is 1. The van der Waals surface area contributed by atoms with Crippen LogP contribution in [0.1, 0.15) is 17.5 Å². The van der Waals surface area contributed by atoms with Gasteiger partial charge in [0.1, 0.15) is 12.4 Å². The first-order valence-corrected chi connectivity index (χ1v) is 11.2. The molecule has 0 bridgehead atoms. The lowest BCUT2D eigenvalue weighted by Gasteiger charge is -2.11. The third-order valence-corrected chi connectivity index (χ3v) is 6.66. The van der Waals surface area contributed by atoms with E-state index in [-0.39, 0.29) is 5.82 Å². The molecule has 0 aliphatic rings. The van der Waals surface area contributed by atoms with Crippen molar-refractivity contribution in [2.24, 2.45) is 4.99 Å². The van der Waals surface area contributed by atoms with E-state index >= 15 is 0 Å². The second kappa shape index (κ2) is 9.77. The third kappa shape index (κ3) is 5.40. The summed E-state index contributed by atoms with van der Waals surface area (Å²) < 4.78 is 25.1. The molecule has 29 heavy (non-hydrogen) atoms. The molecule has 0 fully saturated rings. The van der Waals surface area contributed by atoms with E-state index in [2.05, 4.69) is 53.1 Å². The van der Waals surface area contributed by atoms with Gasteiger partial charge in [-0.25, -0.2) is 14.4 Å². The second-order valence-electron chi connectivity index (χ2n) is 6.26. The Morgan fingerprint density at radius 3 is 2.69 bits per heavy atom. The molecule has 0 spiro atoms. The molecule has 0 N–H and O–H groups in total. The second-order valence-corrected chi connectivity index (χ2v) is 8.77. The van der Waals surface area contributed by atoms with Crippen molar-refractivity contribution in [3.05, 3.63) is 55.7 Å². The highest BCUT2D eigenvalue weighted by Crippen LogP contribution is 2.35. The first-order valence-electron chi connectivity index (χ1n) is 8.83. The molecule has 0 radical (unpaired) electrons. The van der Waals surface area contributed by atoms with Gasteiger partial charge in [0, 0.05) is 19.2 Å². The molecule has 0 unspecified atom stereocenters. The maximum atomic E-state index is 13.1. The van der Waals surface area contributed by atoms with Gasteiger partial charge in [-0.2, -0.15) is 4.37 Å². The Morgan fingerprint density at radius 1 is 1.28 bits per heavy atom. The summed E-state index contributed by atoms with van der Waals surface area (Å²) in [7, 11) is 1.96. The van der Waals surface area contributed by atoms with Crippen molar-refractivity contribution >= 4 is 55.4 Å². The third-order valence-electron chi connectivity index (χ3n) is 4.16. The lowest BCUT2D eigenvalue weighted by molar-refractivity contribution is 0.294. The fourth-order valence-electron chi connectivity index (χ4n) is 2.35. The molecule has 0 saturated carbocycles. The number of hydrogen-bond acceptors (Lipinski definition) is 5.